The molecule has 1 heterocycles. The molecule has 0 saturated heterocycles. The van der Waals surface area contributed by atoms with E-state index in [1.165, 1.54) is 0 Å². The quantitative estimate of drug-likeness (QED) is 0.777. The van der Waals surface area contributed by atoms with E-state index in [9.17, 15) is 22.8 Å². The Morgan fingerprint density at radius 1 is 1.35 bits per heavy atom. The van der Waals surface area contributed by atoms with E-state index in [4.69, 9.17) is 5.11 Å². The van der Waals surface area contributed by atoms with E-state index < -0.39 is 24.2 Å². The van der Waals surface area contributed by atoms with Crippen LogP contribution >= 0.6 is 0 Å². The van der Waals surface area contributed by atoms with Crippen molar-refractivity contribution < 1.29 is 32.6 Å². The third-order valence-electron chi connectivity index (χ3n) is 2.63. The molecule has 1 unspecified atom stereocenters. The minimum atomic E-state index is -5.11. The number of esters is 1. The van der Waals surface area contributed by atoms with Crippen LogP contribution in [0, 0.1) is 11.8 Å². The Morgan fingerprint density at radius 3 is 2.35 bits per heavy atom. The molecule has 1 aliphatic heterocycles. The van der Waals surface area contributed by atoms with E-state index in [2.05, 4.69) is 10.1 Å². The van der Waals surface area contributed by atoms with Crippen LogP contribution < -0.4 is 5.32 Å². The first-order valence-corrected chi connectivity index (χ1v) is 5.81. The lowest BCUT2D eigenvalue weighted by molar-refractivity contribution is -0.303. The zero-order chi connectivity index (χ0) is 15.5. The maximum atomic E-state index is 12.1. The van der Waals surface area contributed by atoms with Crippen LogP contribution in [0.25, 0.3) is 0 Å². The van der Waals surface area contributed by atoms with Crippen molar-refractivity contribution in [3.8, 4) is 0 Å². The number of carboxylic acid groups (broad SMARTS) is 1. The molecule has 0 bridgehead atoms. The van der Waals surface area contributed by atoms with Gasteiger partial charge in [-0.05, 0) is 12.3 Å². The van der Waals surface area contributed by atoms with Crippen LogP contribution in [0.2, 0.25) is 0 Å². The summed E-state index contributed by atoms with van der Waals surface area (Å²) in [7, 11) is 0. The van der Waals surface area contributed by atoms with Gasteiger partial charge in [0.2, 0.25) is 0 Å². The van der Waals surface area contributed by atoms with Crippen LogP contribution in [0.3, 0.4) is 0 Å². The number of carbonyl (C=O) groups excluding carboxylic acids is 1. The van der Waals surface area contributed by atoms with Crippen LogP contribution in [0.4, 0.5) is 13.2 Å². The molecule has 2 N–H and O–H groups in total. The van der Waals surface area contributed by atoms with E-state index in [0.29, 0.717) is 0 Å². The first-order chi connectivity index (χ1) is 9.11. The van der Waals surface area contributed by atoms with Crippen LogP contribution in [-0.4, -0.2) is 23.4 Å². The van der Waals surface area contributed by atoms with Crippen LogP contribution in [0.15, 0.2) is 23.5 Å². The lowest BCUT2D eigenvalue weighted by Gasteiger charge is -2.25. The Kier molecular flexibility index (Phi) is 4.80. The summed E-state index contributed by atoms with van der Waals surface area (Å²) in [6.07, 6.45) is -2.70. The molecule has 0 aliphatic carbocycles. The number of dihydropyridines is 1. The van der Waals surface area contributed by atoms with Gasteiger partial charge >= 0.3 is 18.3 Å². The van der Waals surface area contributed by atoms with Crippen LogP contribution in [-0.2, 0) is 14.3 Å². The van der Waals surface area contributed by atoms with E-state index in [1.807, 2.05) is 0 Å². The molecule has 0 spiro atoms. The number of halogens is 3. The van der Waals surface area contributed by atoms with Gasteiger partial charge < -0.3 is 15.2 Å². The smallest absolute Gasteiger partial charge is 0.478 e. The van der Waals surface area contributed by atoms with Gasteiger partial charge in [-0.25, -0.2) is 9.59 Å². The molecule has 0 aromatic carbocycles. The van der Waals surface area contributed by atoms with Gasteiger partial charge in [0.25, 0.3) is 0 Å². The number of alkyl halides is 3. The maximum absolute atomic E-state index is 12.1. The molecule has 1 aliphatic rings. The van der Waals surface area contributed by atoms with Crippen LogP contribution in [0.1, 0.15) is 20.3 Å². The molecule has 0 saturated carbocycles. The zero-order valence-electron chi connectivity index (χ0n) is 10.8. The molecular formula is C12H14F3NO4. The van der Waals surface area contributed by atoms with Gasteiger partial charge in [-0.15, -0.1) is 13.2 Å². The van der Waals surface area contributed by atoms with E-state index in [-0.39, 0.29) is 23.5 Å². The van der Waals surface area contributed by atoms with Crippen molar-refractivity contribution in [3.63, 3.8) is 0 Å². The maximum Gasteiger partial charge on any atom is 0.575 e. The normalized spacial score (nSPS) is 19.0. The number of carboxylic acids is 1. The third kappa shape index (κ3) is 4.29. The highest BCUT2D eigenvalue weighted by atomic mass is 19.4. The Morgan fingerprint density at radius 2 is 1.90 bits per heavy atom. The summed E-state index contributed by atoms with van der Waals surface area (Å²) in [4.78, 5) is 22.6. The third-order valence-corrected chi connectivity index (χ3v) is 2.63. The topological polar surface area (TPSA) is 75.6 Å². The van der Waals surface area contributed by atoms with Gasteiger partial charge in [0.05, 0.1) is 11.1 Å². The summed E-state index contributed by atoms with van der Waals surface area (Å²) >= 11 is 0. The fraction of sp³-hybridized carbons (Fsp3) is 0.500. The number of rotatable bonds is 4. The highest BCUT2D eigenvalue weighted by molar-refractivity contribution is 5.95. The Hall–Kier alpha value is -1.99. The van der Waals surface area contributed by atoms with E-state index >= 15 is 0 Å². The number of ether oxygens (including phenoxy) is 1. The fourth-order valence-corrected chi connectivity index (χ4v) is 1.89. The molecular weight excluding hydrogens is 279 g/mol. The molecule has 1 rings (SSSR count). The Balaban J connectivity index is 3.01. The predicted octanol–water partition coefficient (Wildman–Crippen LogP) is 2.17. The second-order valence-electron chi connectivity index (χ2n) is 4.69. The SMILES string of the molecule is CC(C)CC1C(C(=O)O)=CNC=C1C(=O)OC(F)(F)F. The molecule has 5 nitrogen and oxygen atoms in total. The molecule has 1 atom stereocenters. The molecule has 0 fully saturated rings. The van der Waals surface area contributed by atoms with E-state index in [0.717, 1.165) is 12.4 Å². The lowest BCUT2D eigenvalue weighted by Crippen LogP contribution is -2.30. The van der Waals surface area contributed by atoms with Gasteiger partial charge in [-0.3, -0.25) is 0 Å². The monoisotopic (exact) mass is 293 g/mol. The molecule has 0 amide bonds. The van der Waals surface area contributed by atoms with E-state index in [1.54, 1.807) is 13.8 Å². The minimum Gasteiger partial charge on any atom is -0.478 e. The molecule has 112 valence electrons. The van der Waals surface area contributed by atoms with Crippen molar-refractivity contribution in [3.05, 3.63) is 23.5 Å². The van der Waals surface area contributed by atoms with Crippen molar-refractivity contribution in [1.29, 1.82) is 0 Å². The average Bonchev–Trinajstić information content (AvgIpc) is 2.25. The molecule has 8 heteroatoms. The van der Waals surface area contributed by atoms with Crippen molar-refractivity contribution in [2.45, 2.75) is 26.6 Å². The Bertz CT molecular complexity index is 466. The first-order valence-electron chi connectivity index (χ1n) is 5.81. The highest BCUT2D eigenvalue weighted by Gasteiger charge is 2.39. The lowest BCUT2D eigenvalue weighted by atomic mass is 9.83. The second kappa shape index (κ2) is 5.98. The summed E-state index contributed by atoms with van der Waals surface area (Å²) in [5.41, 5.74) is -0.522. The number of aliphatic carboxylic acids is 1. The van der Waals surface area contributed by atoms with Crippen LogP contribution in [0.5, 0.6) is 0 Å². The zero-order valence-corrected chi connectivity index (χ0v) is 10.8. The summed E-state index contributed by atoms with van der Waals surface area (Å²) in [6.45, 7) is 3.54. The molecule has 0 radical (unpaired) electrons. The van der Waals surface area contributed by atoms with Crippen molar-refractivity contribution in [2.75, 3.05) is 0 Å². The number of nitrogens with one attached hydrogen (secondary N) is 1. The molecule has 0 aromatic heterocycles. The standard InChI is InChI=1S/C12H14F3NO4/c1-6(2)3-7-8(10(17)18)4-16-5-9(7)11(19)20-12(13,14)15/h4-7,16H,3H2,1-2H3,(H,17,18). The number of hydrogen-bond donors (Lipinski definition) is 2. The summed E-state index contributed by atoms with van der Waals surface area (Å²) in [5.74, 6) is -3.84. The van der Waals surface area contributed by atoms with Gasteiger partial charge in [-0.1, -0.05) is 13.8 Å². The first kappa shape index (κ1) is 16.1. The average molecular weight is 293 g/mol. The second-order valence-corrected chi connectivity index (χ2v) is 4.69. The van der Waals surface area contributed by atoms with Crippen molar-refractivity contribution in [1.82, 2.24) is 5.32 Å². The number of carbonyl (C=O) groups is 2. The van der Waals surface area contributed by atoms with Crippen molar-refractivity contribution >= 4 is 11.9 Å². The summed E-state index contributed by atoms with van der Waals surface area (Å²) in [6, 6.07) is 0. The van der Waals surface area contributed by atoms with Gasteiger partial charge in [0.15, 0.2) is 0 Å². The molecule has 0 aromatic rings. The fourth-order valence-electron chi connectivity index (χ4n) is 1.89. The largest absolute Gasteiger partial charge is 0.575 e. The molecule has 20 heavy (non-hydrogen) atoms. The predicted molar refractivity (Wildman–Crippen MR) is 62.0 cm³/mol. The number of hydrogen-bond acceptors (Lipinski definition) is 4. The highest BCUT2D eigenvalue weighted by Crippen LogP contribution is 2.32. The minimum absolute atomic E-state index is 0.0112. The summed E-state index contributed by atoms with van der Waals surface area (Å²) < 4.78 is 39.6. The van der Waals surface area contributed by atoms with Gasteiger partial charge in [0, 0.05) is 18.3 Å². The van der Waals surface area contributed by atoms with Gasteiger partial charge in [-0.2, -0.15) is 0 Å². The van der Waals surface area contributed by atoms with Gasteiger partial charge in [0.1, 0.15) is 0 Å². The van der Waals surface area contributed by atoms with Crippen molar-refractivity contribution in [2.24, 2.45) is 11.8 Å². The summed E-state index contributed by atoms with van der Waals surface area (Å²) in [5, 5.41) is 11.4. The Labute approximate surface area is 113 Å².